The molecule has 0 saturated carbocycles. The maximum absolute atomic E-state index is 12.9. The van der Waals surface area contributed by atoms with Crippen LogP contribution < -0.4 is 10.9 Å². The van der Waals surface area contributed by atoms with Crippen LogP contribution in [-0.4, -0.2) is 20.7 Å². The smallest absolute Gasteiger partial charge is 0.294 e. The maximum atomic E-state index is 12.9. The van der Waals surface area contributed by atoms with Gasteiger partial charge in [-0.1, -0.05) is 47.5 Å². The molecule has 0 spiro atoms. The summed E-state index contributed by atoms with van der Waals surface area (Å²) >= 11 is 7.38. The summed E-state index contributed by atoms with van der Waals surface area (Å²) in [6, 6.07) is 14.7. The van der Waals surface area contributed by atoms with E-state index in [0.717, 1.165) is 25.5 Å². The molecule has 0 atom stereocenters. The fourth-order valence-electron chi connectivity index (χ4n) is 2.98. The van der Waals surface area contributed by atoms with Gasteiger partial charge in [-0.05, 0) is 32.0 Å². The number of nitrogens with one attached hydrogen (secondary N) is 1. The van der Waals surface area contributed by atoms with Crippen molar-refractivity contribution < 1.29 is 4.79 Å². The van der Waals surface area contributed by atoms with Gasteiger partial charge in [0.05, 0.1) is 9.71 Å². The summed E-state index contributed by atoms with van der Waals surface area (Å²) in [5, 5.41) is 8.52. The van der Waals surface area contributed by atoms with Crippen LogP contribution in [0, 0.1) is 13.8 Å². The van der Waals surface area contributed by atoms with Crippen LogP contribution in [0.2, 0.25) is 5.02 Å². The lowest BCUT2D eigenvalue weighted by atomic mass is 10.1. The number of aryl methyl sites for hydroxylation is 2. The fraction of sp³-hybridized carbons (Fsp3) is 0.143. The second-order valence-electron chi connectivity index (χ2n) is 6.65. The Balaban J connectivity index is 1.74. The van der Waals surface area contributed by atoms with E-state index in [4.69, 9.17) is 11.6 Å². The summed E-state index contributed by atoms with van der Waals surface area (Å²) in [5.74, 6) is -0.372. The number of anilines is 1. The van der Waals surface area contributed by atoms with E-state index in [2.05, 4.69) is 15.4 Å². The van der Waals surface area contributed by atoms with Crippen molar-refractivity contribution in [2.75, 3.05) is 5.32 Å². The van der Waals surface area contributed by atoms with Gasteiger partial charge in [0.15, 0.2) is 5.52 Å². The normalized spacial score (nSPS) is 11.0. The Morgan fingerprint density at radius 2 is 1.93 bits per heavy atom. The number of nitrogens with zero attached hydrogens (tertiary/aromatic N) is 3. The second kappa shape index (κ2) is 7.77. The number of hydrogen-bond acceptors (Lipinski definition) is 5. The van der Waals surface area contributed by atoms with Crippen LogP contribution in [0.1, 0.15) is 10.6 Å². The molecule has 0 saturated heterocycles. The first kappa shape index (κ1) is 19.3. The number of hydrogen-bond donors (Lipinski definition) is 1. The highest BCUT2D eigenvalue weighted by Gasteiger charge is 2.18. The molecule has 1 N–H and O–H groups in total. The van der Waals surface area contributed by atoms with Gasteiger partial charge in [-0.3, -0.25) is 9.59 Å². The van der Waals surface area contributed by atoms with Crippen LogP contribution in [0.5, 0.6) is 0 Å². The highest BCUT2D eigenvalue weighted by atomic mass is 35.5. The number of amides is 1. The molecule has 0 aliphatic heterocycles. The van der Waals surface area contributed by atoms with Crippen LogP contribution in [0.3, 0.4) is 0 Å². The first-order valence-electron chi connectivity index (χ1n) is 8.91. The van der Waals surface area contributed by atoms with E-state index in [1.165, 1.54) is 11.3 Å². The molecule has 0 fully saturated rings. The summed E-state index contributed by atoms with van der Waals surface area (Å²) in [7, 11) is 0. The molecule has 0 radical (unpaired) electrons. The van der Waals surface area contributed by atoms with Gasteiger partial charge >= 0.3 is 0 Å². The van der Waals surface area contributed by atoms with Crippen molar-refractivity contribution in [3.63, 3.8) is 0 Å². The minimum Gasteiger partial charge on any atom is -0.324 e. The van der Waals surface area contributed by atoms with Crippen molar-refractivity contribution in [3.8, 4) is 11.3 Å². The minimum atomic E-state index is -0.388. The summed E-state index contributed by atoms with van der Waals surface area (Å²) in [6.45, 7) is 3.63. The molecule has 0 bridgehead atoms. The zero-order valence-corrected chi connectivity index (χ0v) is 17.3. The summed E-state index contributed by atoms with van der Waals surface area (Å²) in [5.41, 5.74) is 3.13. The number of benzene rings is 2. The van der Waals surface area contributed by atoms with Gasteiger partial charge in [-0.2, -0.15) is 5.10 Å². The van der Waals surface area contributed by atoms with Crippen molar-refractivity contribution in [3.05, 3.63) is 74.5 Å². The van der Waals surface area contributed by atoms with Crippen molar-refractivity contribution in [2.24, 2.45) is 0 Å². The Morgan fingerprint density at radius 1 is 1.17 bits per heavy atom. The fourth-order valence-corrected chi connectivity index (χ4v) is 4.08. The molecule has 4 aromatic rings. The lowest BCUT2D eigenvalue weighted by Gasteiger charge is -2.10. The lowest BCUT2D eigenvalue weighted by molar-refractivity contribution is -0.117. The SMILES string of the molecule is Cc1ccc(-c2nn(CC(=O)Nc3cccc(Cl)c3)c(=O)c3nc(C)sc23)cc1. The number of rotatable bonds is 4. The molecular weight excluding hydrogens is 408 g/mol. The molecule has 2 aromatic heterocycles. The molecule has 146 valence electrons. The van der Waals surface area contributed by atoms with Gasteiger partial charge in [-0.15, -0.1) is 11.3 Å². The number of thiazole rings is 1. The quantitative estimate of drug-likeness (QED) is 0.525. The summed E-state index contributed by atoms with van der Waals surface area (Å²) in [6.07, 6.45) is 0. The zero-order valence-electron chi connectivity index (χ0n) is 15.8. The van der Waals surface area contributed by atoms with Crippen LogP contribution >= 0.6 is 22.9 Å². The van der Waals surface area contributed by atoms with E-state index in [1.54, 1.807) is 24.3 Å². The predicted molar refractivity (Wildman–Crippen MR) is 117 cm³/mol. The predicted octanol–water partition coefficient (Wildman–Crippen LogP) is 4.43. The molecule has 6 nitrogen and oxygen atoms in total. The average Bonchev–Trinajstić information content (AvgIpc) is 3.07. The number of aromatic nitrogens is 3. The highest BCUT2D eigenvalue weighted by molar-refractivity contribution is 7.19. The molecule has 2 heterocycles. The maximum Gasteiger partial charge on any atom is 0.294 e. The van der Waals surface area contributed by atoms with E-state index in [9.17, 15) is 9.59 Å². The third-order valence-electron chi connectivity index (χ3n) is 4.33. The molecule has 0 unspecified atom stereocenters. The van der Waals surface area contributed by atoms with Crippen molar-refractivity contribution in [1.82, 2.24) is 14.8 Å². The topological polar surface area (TPSA) is 76.9 Å². The van der Waals surface area contributed by atoms with Gasteiger partial charge in [0.1, 0.15) is 12.2 Å². The van der Waals surface area contributed by atoms with E-state index < -0.39 is 0 Å². The Bertz CT molecular complexity index is 1280. The Morgan fingerprint density at radius 3 is 2.66 bits per heavy atom. The number of carbonyl (C=O) groups is 1. The largest absolute Gasteiger partial charge is 0.324 e. The van der Waals surface area contributed by atoms with Crippen molar-refractivity contribution >= 4 is 44.7 Å². The standard InChI is InChI=1S/C21H17ClN4O2S/c1-12-6-8-14(9-7-12)18-20-19(23-13(2)29-20)21(28)26(25-18)11-17(27)24-16-5-3-4-15(22)10-16/h3-10H,11H2,1-2H3,(H,24,27). The van der Waals surface area contributed by atoms with Gasteiger partial charge in [0.2, 0.25) is 5.91 Å². The molecule has 0 aliphatic carbocycles. The Labute approximate surface area is 175 Å². The number of carbonyl (C=O) groups excluding carboxylic acids is 1. The van der Waals surface area contributed by atoms with E-state index >= 15 is 0 Å². The molecule has 29 heavy (non-hydrogen) atoms. The van der Waals surface area contributed by atoms with Gasteiger partial charge in [0, 0.05) is 16.3 Å². The highest BCUT2D eigenvalue weighted by Crippen LogP contribution is 2.29. The zero-order chi connectivity index (χ0) is 20.5. The van der Waals surface area contributed by atoms with Gasteiger partial charge in [-0.25, -0.2) is 9.67 Å². The Hall–Kier alpha value is -3.03. The van der Waals surface area contributed by atoms with Gasteiger partial charge in [0.25, 0.3) is 5.56 Å². The summed E-state index contributed by atoms with van der Waals surface area (Å²) in [4.78, 5) is 29.7. The van der Waals surface area contributed by atoms with E-state index in [0.29, 0.717) is 21.9 Å². The van der Waals surface area contributed by atoms with E-state index in [1.807, 2.05) is 38.1 Å². The summed E-state index contributed by atoms with van der Waals surface area (Å²) < 4.78 is 1.89. The van der Waals surface area contributed by atoms with Crippen molar-refractivity contribution in [1.29, 1.82) is 0 Å². The molecule has 2 aromatic carbocycles. The molecular formula is C21H17ClN4O2S. The monoisotopic (exact) mass is 424 g/mol. The van der Waals surface area contributed by atoms with E-state index in [-0.39, 0.29) is 18.0 Å². The second-order valence-corrected chi connectivity index (χ2v) is 8.29. The minimum absolute atomic E-state index is 0.225. The van der Waals surface area contributed by atoms with Crippen LogP contribution in [0.15, 0.2) is 53.3 Å². The van der Waals surface area contributed by atoms with Crippen LogP contribution in [0.4, 0.5) is 5.69 Å². The molecule has 4 rings (SSSR count). The molecule has 0 aliphatic rings. The molecule has 1 amide bonds. The van der Waals surface area contributed by atoms with Crippen LogP contribution in [-0.2, 0) is 11.3 Å². The van der Waals surface area contributed by atoms with Crippen LogP contribution in [0.25, 0.3) is 21.5 Å². The number of fused-ring (bicyclic) bond motifs is 1. The average molecular weight is 425 g/mol. The van der Waals surface area contributed by atoms with Crippen molar-refractivity contribution in [2.45, 2.75) is 20.4 Å². The Kier molecular flexibility index (Phi) is 5.17. The third kappa shape index (κ3) is 4.06. The first-order chi connectivity index (χ1) is 13.9. The third-order valence-corrected chi connectivity index (χ3v) is 5.55. The lowest BCUT2D eigenvalue weighted by Crippen LogP contribution is -2.30. The van der Waals surface area contributed by atoms with Gasteiger partial charge < -0.3 is 5.32 Å². The number of halogens is 1. The first-order valence-corrected chi connectivity index (χ1v) is 10.1. The molecule has 8 heteroatoms.